The fraction of sp³-hybridized carbons (Fsp3) is 0.571. The summed E-state index contributed by atoms with van der Waals surface area (Å²) in [7, 11) is 1.09. The molecule has 0 unspecified atom stereocenters. The number of aromatic nitrogens is 2. The molecule has 1 aromatic rings. The lowest BCUT2D eigenvalue weighted by atomic mass is 10.0. The lowest BCUT2D eigenvalue weighted by Crippen LogP contribution is -2.48. The Morgan fingerprint density at radius 3 is 2.62 bits per heavy atom. The number of likely N-dealkylation sites (tertiary alicyclic amines) is 1. The zero-order chi connectivity index (χ0) is 19.5. The second kappa shape index (κ2) is 7.62. The number of hydrogen-bond acceptors (Lipinski definition) is 5. The Balaban J connectivity index is 2.05. The van der Waals surface area contributed by atoms with Gasteiger partial charge in [-0.25, -0.2) is 4.79 Å². The van der Waals surface area contributed by atoms with Crippen molar-refractivity contribution in [3.63, 3.8) is 0 Å². The Labute approximate surface area is 146 Å². The molecular formula is C14H18F3N5O4. The first kappa shape index (κ1) is 19.5. The summed E-state index contributed by atoms with van der Waals surface area (Å²) in [5, 5.41) is 10.6. The van der Waals surface area contributed by atoms with Gasteiger partial charge in [-0.15, -0.1) is 0 Å². The third kappa shape index (κ3) is 4.64. The second-order valence-corrected chi connectivity index (χ2v) is 5.81. The normalized spacial score (nSPS) is 20.0. The van der Waals surface area contributed by atoms with E-state index in [1.807, 2.05) is 0 Å². The maximum absolute atomic E-state index is 13.3. The van der Waals surface area contributed by atoms with Crippen molar-refractivity contribution in [1.82, 2.24) is 25.7 Å². The second-order valence-electron chi connectivity index (χ2n) is 5.81. The molecule has 1 fully saturated rings. The van der Waals surface area contributed by atoms with E-state index in [9.17, 15) is 27.6 Å². The molecule has 0 saturated carbocycles. The van der Waals surface area contributed by atoms with Gasteiger partial charge in [-0.3, -0.25) is 14.7 Å². The van der Waals surface area contributed by atoms with E-state index in [1.54, 1.807) is 6.92 Å². The highest BCUT2D eigenvalue weighted by atomic mass is 19.4. The van der Waals surface area contributed by atoms with Gasteiger partial charge in [-0.2, -0.15) is 18.3 Å². The Morgan fingerprint density at radius 2 is 2.08 bits per heavy atom. The molecule has 1 aliphatic rings. The molecule has 1 aromatic heterocycles. The highest BCUT2D eigenvalue weighted by Gasteiger charge is 2.51. The van der Waals surface area contributed by atoms with E-state index in [4.69, 9.17) is 0 Å². The molecule has 0 radical (unpaired) electrons. The average molecular weight is 377 g/mol. The minimum absolute atomic E-state index is 0.00255. The molecule has 144 valence electrons. The standard InChI is InChI=1S/C14H18F3N5O4/c1-7-3-9(21-20-7)12(24)22-5-8(14(15,16)17)10(6-22)19-11(23)4-18-13(25)26-2/h3,8,10H,4-6H2,1-2H3,(H,18,25)(H,19,23)(H,20,21)/t8-,10-/m1/s1. The predicted molar refractivity (Wildman–Crippen MR) is 81.1 cm³/mol. The molecule has 0 aromatic carbocycles. The molecule has 2 heterocycles. The van der Waals surface area contributed by atoms with Crippen LogP contribution in [0.3, 0.4) is 0 Å². The summed E-state index contributed by atoms with van der Waals surface area (Å²) in [5.41, 5.74) is 0.599. The fourth-order valence-corrected chi connectivity index (χ4v) is 2.62. The van der Waals surface area contributed by atoms with Gasteiger partial charge in [0, 0.05) is 18.8 Å². The van der Waals surface area contributed by atoms with E-state index in [-0.39, 0.29) is 12.2 Å². The van der Waals surface area contributed by atoms with Crippen LogP contribution in [0, 0.1) is 12.8 Å². The highest BCUT2D eigenvalue weighted by Crippen LogP contribution is 2.34. The summed E-state index contributed by atoms with van der Waals surface area (Å²) >= 11 is 0. The van der Waals surface area contributed by atoms with Crippen molar-refractivity contribution in [2.45, 2.75) is 19.1 Å². The van der Waals surface area contributed by atoms with Gasteiger partial charge in [0.1, 0.15) is 12.2 Å². The summed E-state index contributed by atoms with van der Waals surface area (Å²) in [6.45, 7) is 0.201. The molecule has 26 heavy (non-hydrogen) atoms. The molecule has 3 N–H and O–H groups in total. The van der Waals surface area contributed by atoms with Gasteiger partial charge in [0.25, 0.3) is 5.91 Å². The Bertz CT molecular complexity index is 690. The predicted octanol–water partition coefficient (Wildman–Crippen LogP) is 0.193. The van der Waals surface area contributed by atoms with Gasteiger partial charge in [0.05, 0.1) is 19.1 Å². The highest BCUT2D eigenvalue weighted by molar-refractivity contribution is 5.92. The van der Waals surface area contributed by atoms with E-state index >= 15 is 0 Å². The zero-order valence-corrected chi connectivity index (χ0v) is 14.0. The molecular weight excluding hydrogens is 359 g/mol. The molecule has 0 spiro atoms. The number of H-pyrrole nitrogens is 1. The first-order chi connectivity index (χ1) is 12.1. The van der Waals surface area contributed by atoms with Crippen molar-refractivity contribution in [3.8, 4) is 0 Å². The first-order valence-corrected chi connectivity index (χ1v) is 7.61. The molecule has 2 atom stereocenters. The molecule has 1 saturated heterocycles. The van der Waals surface area contributed by atoms with Gasteiger partial charge in [-0.1, -0.05) is 0 Å². The third-order valence-electron chi connectivity index (χ3n) is 3.88. The zero-order valence-electron chi connectivity index (χ0n) is 14.0. The molecule has 3 amide bonds. The van der Waals surface area contributed by atoms with E-state index < -0.39 is 49.1 Å². The van der Waals surface area contributed by atoms with Crippen molar-refractivity contribution in [2.75, 3.05) is 26.7 Å². The summed E-state index contributed by atoms with van der Waals surface area (Å²) in [5.74, 6) is -3.40. The SMILES string of the molecule is COC(=O)NCC(=O)N[C@@H]1CN(C(=O)c2cc(C)[nH]n2)C[C@H]1C(F)(F)F. The largest absolute Gasteiger partial charge is 0.453 e. The quantitative estimate of drug-likeness (QED) is 0.693. The molecule has 0 bridgehead atoms. The van der Waals surface area contributed by atoms with Gasteiger partial charge < -0.3 is 20.3 Å². The lowest BCUT2D eigenvalue weighted by molar-refractivity contribution is -0.175. The Kier molecular flexibility index (Phi) is 5.73. The maximum atomic E-state index is 13.3. The van der Waals surface area contributed by atoms with Crippen LogP contribution in [0.2, 0.25) is 0 Å². The van der Waals surface area contributed by atoms with Crippen molar-refractivity contribution in [1.29, 1.82) is 0 Å². The summed E-state index contributed by atoms with van der Waals surface area (Å²) in [6, 6.07) is 0.0999. The minimum Gasteiger partial charge on any atom is -0.453 e. The van der Waals surface area contributed by atoms with Crippen LogP contribution in [0.15, 0.2) is 6.07 Å². The fourth-order valence-electron chi connectivity index (χ4n) is 2.62. The van der Waals surface area contributed by atoms with Crippen LogP contribution in [-0.4, -0.2) is 72.0 Å². The number of aromatic amines is 1. The number of amides is 3. The summed E-state index contributed by atoms with van der Waals surface area (Å²) < 4.78 is 44.1. The van der Waals surface area contributed by atoms with E-state index in [0.29, 0.717) is 5.69 Å². The molecule has 1 aliphatic heterocycles. The van der Waals surface area contributed by atoms with Crippen molar-refractivity contribution in [2.24, 2.45) is 5.92 Å². The number of ether oxygens (including phenoxy) is 1. The number of hydrogen-bond donors (Lipinski definition) is 3. The monoisotopic (exact) mass is 377 g/mol. The molecule has 2 rings (SSSR count). The van der Waals surface area contributed by atoms with Crippen LogP contribution in [-0.2, 0) is 9.53 Å². The van der Waals surface area contributed by atoms with Crippen molar-refractivity contribution in [3.05, 3.63) is 17.5 Å². The van der Waals surface area contributed by atoms with Crippen LogP contribution in [0.5, 0.6) is 0 Å². The van der Waals surface area contributed by atoms with Gasteiger partial charge in [0.15, 0.2) is 0 Å². The number of aryl methyl sites for hydroxylation is 1. The van der Waals surface area contributed by atoms with E-state index in [2.05, 4.69) is 25.6 Å². The number of nitrogens with zero attached hydrogens (tertiary/aromatic N) is 2. The number of rotatable bonds is 4. The molecule has 12 heteroatoms. The molecule has 9 nitrogen and oxygen atoms in total. The van der Waals surface area contributed by atoms with E-state index in [1.165, 1.54) is 6.07 Å². The van der Waals surface area contributed by atoms with Crippen LogP contribution >= 0.6 is 0 Å². The van der Waals surface area contributed by atoms with Gasteiger partial charge >= 0.3 is 12.3 Å². The summed E-state index contributed by atoms with van der Waals surface area (Å²) in [4.78, 5) is 36.0. The smallest absolute Gasteiger partial charge is 0.407 e. The van der Waals surface area contributed by atoms with Crippen molar-refractivity contribution < 1.29 is 32.3 Å². The van der Waals surface area contributed by atoms with Crippen molar-refractivity contribution >= 4 is 17.9 Å². The van der Waals surface area contributed by atoms with Crippen LogP contribution in [0.25, 0.3) is 0 Å². The first-order valence-electron chi connectivity index (χ1n) is 7.61. The minimum atomic E-state index is -4.61. The van der Waals surface area contributed by atoms with Crippen LogP contribution in [0.1, 0.15) is 16.2 Å². The Morgan fingerprint density at radius 1 is 1.38 bits per heavy atom. The third-order valence-corrected chi connectivity index (χ3v) is 3.88. The lowest BCUT2D eigenvalue weighted by Gasteiger charge is -2.21. The summed E-state index contributed by atoms with van der Waals surface area (Å²) in [6.07, 6.45) is -5.49. The Hall–Kier alpha value is -2.79. The van der Waals surface area contributed by atoms with Crippen LogP contribution in [0.4, 0.5) is 18.0 Å². The number of alkyl halides is 3. The molecule has 0 aliphatic carbocycles. The van der Waals surface area contributed by atoms with Gasteiger partial charge in [-0.05, 0) is 13.0 Å². The maximum Gasteiger partial charge on any atom is 0.407 e. The number of alkyl carbamates (subject to hydrolysis) is 1. The topological polar surface area (TPSA) is 116 Å². The average Bonchev–Trinajstić information content (AvgIpc) is 3.18. The number of carbonyl (C=O) groups is 3. The number of nitrogens with one attached hydrogen (secondary N) is 3. The van der Waals surface area contributed by atoms with E-state index in [0.717, 1.165) is 12.0 Å². The number of halogens is 3. The number of carbonyl (C=O) groups excluding carboxylic acids is 3. The van der Waals surface area contributed by atoms with Crippen LogP contribution < -0.4 is 10.6 Å². The van der Waals surface area contributed by atoms with Gasteiger partial charge in [0.2, 0.25) is 5.91 Å². The number of methoxy groups -OCH3 is 1.